The third kappa shape index (κ3) is 3.30. The lowest BCUT2D eigenvalue weighted by Crippen LogP contribution is -3.00. The first-order valence-corrected chi connectivity index (χ1v) is 8.53. The largest absolute Gasteiger partial charge is 1.00 e. The number of hydrogen-bond donors (Lipinski definition) is 0. The lowest BCUT2D eigenvalue weighted by Gasteiger charge is -2.19. The van der Waals surface area contributed by atoms with E-state index in [4.69, 9.17) is 18.9 Å². The molecule has 0 spiro atoms. The van der Waals surface area contributed by atoms with Gasteiger partial charge in [0.05, 0.1) is 39.4 Å². The number of halogens is 1. The molecule has 1 aliphatic heterocycles. The zero-order valence-electron chi connectivity index (χ0n) is 16.3. The van der Waals surface area contributed by atoms with Crippen molar-refractivity contribution >= 4 is 10.8 Å². The number of fused-ring (bicyclic) bond motifs is 4. The highest BCUT2D eigenvalue weighted by Crippen LogP contribution is 2.39. The summed E-state index contributed by atoms with van der Waals surface area (Å²) in [4.78, 5) is 0. The van der Waals surface area contributed by atoms with Crippen LogP contribution in [0.3, 0.4) is 0 Å². The van der Waals surface area contributed by atoms with Crippen LogP contribution in [0.2, 0.25) is 0 Å². The first-order valence-electron chi connectivity index (χ1n) is 8.53. The van der Waals surface area contributed by atoms with E-state index >= 15 is 0 Å². The van der Waals surface area contributed by atoms with Crippen molar-refractivity contribution < 1.29 is 41.4 Å². The van der Waals surface area contributed by atoms with Gasteiger partial charge in [0.15, 0.2) is 35.7 Å². The van der Waals surface area contributed by atoms with Gasteiger partial charge in [-0.2, -0.15) is 4.57 Å². The molecule has 0 radical (unpaired) electrons. The molecule has 0 fully saturated rings. The highest BCUT2D eigenvalue weighted by molar-refractivity contribution is 5.91. The van der Waals surface area contributed by atoms with Gasteiger partial charge in [0.1, 0.15) is 0 Å². The normalized spacial score (nSPS) is 11.4. The lowest BCUT2D eigenvalue weighted by molar-refractivity contribution is -0.686. The molecule has 6 nitrogen and oxygen atoms in total. The Labute approximate surface area is 170 Å². The maximum absolute atomic E-state index is 5.60. The Kier molecular flexibility index (Phi) is 6.59. The van der Waals surface area contributed by atoms with Crippen LogP contribution in [-0.4, -0.2) is 33.9 Å². The Morgan fingerprint density at radius 3 is 2.14 bits per heavy atom. The molecule has 7 heteroatoms. The van der Waals surface area contributed by atoms with Crippen molar-refractivity contribution in [1.29, 1.82) is 0 Å². The second-order valence-corrected chi connectivity index (χ2v) is 6.27. The third-order valence-corrected chi connectivity index (χ3v) is 5.01. The van der Waals surface area contributed by atoms with Crippen molar-refractivity contribution in [1.82, 2.24) is 0 Å². The fourth-order valence-corrected chi connectivity index (χ4v) is 3.71. The van der Waals surface area contributed by atoms with Gasteiger partial charge < -0.3 is 36.8 Å². The molecular weight excluding hydrogens is 382 g/mol. The van der Waals surface area contributed by atoms with E-state index in [9.17, 15) is 0 Å². The summed E-state index contributed by atoms with van der Waals surface area (Å²) in [5, 5.41) is 2.15. The Hall–Kier alpha value is -2.70. The molecule has 0 saturated heterocycles. The molecule has 3 aromatic rings. The average molecular weight is 406 g/mol. The minimum Gasteiger partial charge on any atom is -1.00 e. The summed E-state index contributed by atoms with van der Waals surface area (Å²) in [6.07, 6.45) is 3.08. The summed E-state index contributed by atoms with van der Waals surface area (Å²) in [6.45, 7) is 0.897. The molecule has 0 bridgehead atoms. The van der Waals surface area contributed by atoms with E-state index < -0.39 is 0 Å². The minimum atomic E-state index is 0. The zero-order valence-corrected chi connectivity index (χ0v) is 17.1. The van der Waals surface area contributed by atoms with Crippen molar-refractivity contribution in [2.45, 2.75) is 13.0 Å². The van der Waals surface area contributed by atoms with Gasteiger partial charge in [0.2, 0.25) is 5.69 Å². The van der Waals surface area contributed by atoms with Crippen molar-refractivity contribution in [2.24, 2.45) is 0 Å². The lowest BCUT2D eigenvalue weighted by atomic mass is 9.95. The molecule has 150 valence electrons. The molecule has 2 heterocycles. The fraction of sp³-hybridized carbons (Fsp3) is 0.286. The quantitative estimate of drug-likeness (QED) is 0.552. The van der Waals surface area contributed by atoms with Crippen LogP contribution in [0.5, 0.6) is 23.0 Å². The summed E-state index contributed by atoms with van der Waals surface area (Å²) in [5.74, 6) is 3.01. The molecule has 0 amide bonds. The van der Waals surface area contributed by atoms with E-state index in [0.29, 0.717) is 0 Å². The van der Waals surface area contributed by atoms with E-state index in [1.54, 1.807) is 28.4 Å². The Morgan fingerprint density at radius 2 is 1.50 bits per heavy atom. The van der Waals surface area contributed by atoms with Crippen LogP contribution in [0, 0.1) is 0 Å². The first kappa shape index (κ1) is 21.6. The standard InChI is InChI=1S/C21H22NO4.ClH.H2O/c1-23-18-6-5-13-9-17-15-11-20(25-3)19(24-2)10-14(15)7-8-22(17)12-16(13)21(18)26-4;;/h5-6,9-12H,7-8H2,1-4H3;1H;1H2/q+1;;/p-1. The van der Waals surface area contributed by atoms with Crippen LogP contribution in [0.25, 0.3) is 22.0 Å². The maximum atomic E-state index is 5.60. The molecule has 2 aromatic carbocycles. The number of hydrogen-bond acceptors (Lipinski definition) is 4. The van der Waals surface area contributed by atoms with Gasteiger partial charge in [0.25, 0.3) is 0 Å². The van der Waals surface area contributed by atoms with Gasteiger partial charge in [0, 0.05) is 12.5 Å². The van der Waals surface area contributed by atoms with Gasteiger partial charge in [-0.05, 0) is 35.2 Å². The predicted octanol–water partition coefficient (Wildman–Crippen LogP) is -0.436. The molecular formula is C21H24ClNO5. The van der Waals surface area contributed by atoms with Crippen LogP contribution < -0.4 is 35.9 Å². The van der Waals surface area contributed by atoms with Crippen LogP contribution in [0.1, 0.15) is 5.56 Å². The van der Waals surface area contributed by atoms with Crippen LogP contribution in [-0.2, 0) is 13.0 Å². The number of aromatic nitrogens is 1. The van der Waals surface area contributed by atoms with Gasteiger partial charge in [-0.25, -0.2) is 0 Å². The number of aryl methyl sites for hydroxylation is 2. The Bertz CT molecular complexity index is 1010. The maximum Gasteiger partial charge on any atom is 0.213 e. The number of pyridine rings is 1. The summed E-state index contributed by atoms with van der Waals surface area (Å²) >= 11 is 0. The summed E-state index contributed by atoms with van der Waals surface area (Å²) in [7, 11) is 6.67. The number of ether oxygens (including phenoxy) is 4. The zero-order chi connectivity index (χ0) is 18.3. The molecule has 1 aliphatic rings. The Balaban J connectivity index is 0.00000140. The minimum absolute atomic E-state index is 0. The third-order valence-electron chi connectivity index (χ3n) is 5.01. The smallest absolute Gasteiger partial charge is 0.213 e. The second-order valence-electron chi connectivity index (χ2n) is 6.27. The number of benzene rings is 2. The predicted molar refractivity (Wildman–Crippen MR) is 103 cm³/mol. The number of rotatable bonds is 4. The van der Waals surface area contributed by atoms with Crippen LogP contribution in [0.15, 0.2) is 36.5 Å². The van der Waals surface area contributed by atoms with Crippen molar-refractivity contribution in [3.8, 4) is 34.3 Å². The monoisotopic (exact) mass is 405 g/mol. The fourth-order valence-electron chi connectivity index (χ4n) is 3.71. The topological polar surface area (TPSA) is 72.3 Å². The molecule has 1 aromatic heterocycles. The molecule has 2 N–H and O–H groups in total. The molecule has 0 unspecified atom stereocenters. The summed E-state index contributed by atoms with van der Waals surface area (Å²) < 4.78 is 24.3. The molecule has 28 heavy (non-hydrogen) atoms. The van der Waals surface area contributed by atoms with E-state index in [1.165, 1.54) is 11.1 Å². The van der Waals surface area contributed by atoms with E-state index in [2.05, 4.69) is 35.0 Å². The van der Waals surface area contributed by atoms with Crippen molar-refractivity contribution in [3.63, 3.8) is 0 Å². The van der Waals surface area contributed by atoms with Gasteiger partial charge in [-0.1, -0.05) is 0 Å². The van der Waals surface area contributed by atoms with Gasteiger partial charge in [-0.15, -0.1) is 0 Å². The van der Waals surface area contributed by atoms with Gasteiger partial charge in [-0.3, -0.25) is 0 Å². The van der Waals surface area contributed by atoms with Gasteiger partial charge >= 0.3 is 0 Å². The van der Waals surface area contributed by atoms with E-state index in [-0.39, 0.29) is 17.9 Å². The molecule has 0 atom stereocenters. The number of methoxy groups -OCH3 is 4. The Morgan fingerprint density at radius 1 is 0.821 bits per heavy atom. The average Bonchev–Trinajstić information content (AvgIpc) is 2.70. The van der Waals surface area contributed by atoms with Crippen molar-refractivity contribution in [3.05, 3.63) is 42.1 Å². The number of nitrogens with zero attached hydrogens (tertiary/aromatic N) is 1. The summed E-state index contributed by atoms with van der Waals surface area (Å²) in [5.41, 5.74) is 3.60. The highest BCUT2D eigenvalue weighted by Gasteiger charge is 2.27. The SMILES string of the molecule is COc1cc2c(cc1OC)-c1cc3ccc(OC)c(OC)c3c[n+]1CC2.O.[Cl-]. The van der Waals surface area contributed by atoms with E-state index in [0.717, 1.165) is 52.4 Å². The molecule has 4 rings (SSSR count). The molecule has 0 aliphatic carbocycles. The summed E-state index contributed by atoms with van der Waals surface area (Å²) in [6, 6.07) is 10.3. The van der Waals surface area contributed by atoms with Crippen LogP contribution in [0.4, 0.5) is 0 Å². The first-order chi connectivity index (χ1) is 12.7. The second kappa shape index (κ2) is 8.54. The van der Waals surface area contributed by atoms with Crippen LogP contribution >= 0.6 is 0 Å². The molecule has 0 saturated carbocycles. The van der Waals surface area contributed by atoms with Crippen molar-refractivity contribution in [2.75, 3.05) is 28.4 Å². The van der Waals surface area contributed by atoms with E-state index in [1.807, 2.05) is 6.07 Å². The highest BCUT2D eigenvalue weighted by atomic mass is 35.5.